The number of benzene rings is 2. The van der Waals surface area contributed by atoms with Crippen LogP contribution >= 0.6 is 11.8 Å². The van der Waals surface area contributed by atoms with Gasteiger partial charge >= 0.3 is 0 Å². The first-order valence-electron chi connectivity index (χ1n) is 8.27. The molecule has 0 aliphatic carbocycles. The lowest BCUT2D eigenvalue weighted by Gasteiger charge is -2.43. The summed E-state index contributed by atoms with van der Waals surface area (Å²) < 4.78 is 13.1. The Morgan fingerprint density at radius 1 is 1.00 bits per heavy atom. The largest absolute Gasteiger partial charge is 0.371 e. The van der Waals surface area contributed by atoms with Gasteiger partial charge in [0.2, 0.25) is 0 Å². The normalized spacial score (nSPS) is 20.3. The number of aliphatic imine (C=N–C) groups is 1. The topological polar surface area (TPSA) is 36.4 Å². The fraction of sp³-hybridized carbons (Fsp3) is 0.316. The predicted molar refractivity (Wildman–Crippen MR) is 101 cm³/mol. The highest BCUT2D eigenvalue weighted by molar-refractivity contribution is 7.99. The van der Waals surface area contributed by atoms with E-state index in [1.807, 2.05) is 17.8 Å². The maximum atomic E-state index is 13.1. The molecule has 0 radical (unpaired) electrons. The zero-order chi connectivity index (χ0) is 16.4. The number of para-hydroxylation sites is 2. The third-order valence-corrected chi connectivity index (χ3v) is 5.67. The second-order valence-electron chi connectivity index (χ2n) is 6.28. The van der Waals surface area contributed by atoms with E-state index in [1.54, 1.807) is 12.1 Å². The van der Waals surface area contributed by atoms with Crippen molar-refractivity contribution in [1.29, 1.82) is 0 Å². The Bertz CT molecular complexity index is 751. The second-order valence-corrected chi connectivity index (χ2v) is 7.51. The van der Waals surface area contributed by atoms with Crippen molar-refractivity contribution in [2.45, 2.75) is 24.9 Å². The number of anilines is 2. The standard InChI is InChI=1S/C19H20FN3S/c20-15-7-5-14(6-8-15)13-21-18-19(9-11-24-12-10-19)23-17-4-2-1-3-16(17)22-18/h1-8,23H,9-13H2,(H,21,22). The molecule has 0 unspecified atom stereocenters. The molecule has 4 rings (SSSR count). The average Bonchev–Trinajstić information content (AvgIpc) is 2.62. The SMILES string of the molecule is Fc1ccc(CN=C2Nc3ccccc3NC23CCSCC3)cc1. The molecule has 1 saturated heterocycles. The van der Waals surface area contributed by atoms with Crippen LogP contribution in [0.2, 0.25) is 0 Å². The Hall–Kier alpha value is -2.01. The predicted octanol–water partition coefficient (Wildman–Crippen LogP) is 4.53. The van der Waals surface area contributed by atoms with Crippen molar-refractivity contribution in [2.75, 3.05) is 22.1 Å². The molecular weight excluding hydrogens is 321 g/mol. The minimum absolute atomic E-state index is 0.111. The summed E-state index contributed by atoms with van der Waals surface area (Å²) in [7, 11) is 0. The van der Waals surface area contributed by atoms with Crippen LogP contribution in [0, 0.1) is 5.82 Å². The average molecular weight is 341 g/mol. The molecule has 2 aromatic rings. The van der Waals surface area contributed by atoms with Gasteiger partial charge in [-0.15, -0.1) is 0 Å². The summed E-state index contributed by atoms with van der Waals surface area (Å²) in [5, 5.41) is 7.28. The van der Waals surface area contributed by atoms with Crippen molar-refractivity contribution in [3.63, 3.8) is 0 Å². The van der Waals surface area contributed by atoms with Crippen LogP contribution in [0.15, 0.2) is 53.5 Å². The Morgan fingerprint density at radius 2 is 1.71 bits per heavy atom. The van der Waals surface area contributed by atoms with Gasteiger partial charge in [-0.2, -0.15) is 11.8 Å². The number of halogens is 1. The Balaban J connectivity index is 1.65. The van der Waals surface area contributed by atoms with E-state index in [1.165, 1.54) is 12.1 Å². The Kier molecular flexibility index (Phi) is 4.19. The summed E-state index contributed by atoms with van der Waals surface area (Å²) in [6.45, 7) is 0.557. The van der Waals surface area contributed by atoms with Gasteiger partial charge in [0.05, 0.1) is 23.5 Å². The highest BCUT2D eigenvalue weighted by Gasteiger charge is 2.40. The first-order valence-corrected chi connectivity index (χ1v) is 9.42. The maximum Gasteiger partial charge on any atom is 0.127 e. The van der Waals surface area contributed by atoms with E-state index in [0.29, 0.717) is 6.54 Å². The molecule has 0 bridgehead atoms. The van der Waals surface area contributed by atoms with Crippen LogP contribution in [0.5, 0.6) is 0 Å². The maximum absolute atomic E-state index is 13.1. The van der Waals surface area contributed by atoms with Crippen LogP contribution < -0.4 is 10.6 Å². The number of fused-ring (bicyclic) bond motifs is 1. The van der Waals surface area contributed by atoms with Gasteiger partial charge in [0.15, 0.2) is 0 Å². The molecule has 2 aliphatic rings. The number of nitrogens with zero attached hydrogens (tertiary/aromatic N) is 1. The van der Waals surface area contributed by atoms with Gasteiger partial charge < -0.3 is 10.6 Å². The van der Waals surface area contributed by atoms with Gasteiger partial charge in [-0.05, 0) is 54.2 Å². The van der Waals surface area contributed by atoms with Crippen molar-refractivity contribution < 1.29 is 4.39 Å². The molecule has 2 aliphatic heterocycles. The van der Waals surface area contributed by atoms with E-state index in [2.05, 4.69) is 28.8 Å². The van der Waals surface area contributed by atoms with Crippen molar-refractivity contribution in [3.8, 4) is 0 Å². The molecule has 5 heteroatoms. The number of rotatable bonds is 2. The molecular formula is C19H20FN3S. The fourth-order valence-corrected chi connectivity index (χ4v) is 4.49. The Morgan fingerprint density at radius 3 is 2.46 bits per heavy atom. The van der Waals surface area contributed by atoms with Crippen LogP contribution in [0.1, 0.15) is 18.4 Å². The molecule has 1 fully saturated rings. The molecule has 3 nitrogen and oxygen atoms in total. The molecule has 0 saturated carbocycles. The third-order valence-electron chi connectivity index (χ3n) is 4.69. The number of hydrogen-bond donors (Lipinski definition) is 2. The smallest absolute Gasteiger partial charge is 0.127 e. The van der Waals surface area contributed by atoms with Crippen molar-refractivity contribution in [1.82, 2.24) is 0 Å². The summed E-state index contributed by atoms with van der Waals surface area (Å²) in [6.07, 6.45) is 2.11. The summed E-state index contributed by atoms with van der Waals surface area (Å²) >= 11 is 2.00. The monoisotopic (exact) mass is 341 g/mol. The number of amidine groups is 1. The fourth-order valence-electron chi connectivity index (χ4n) is 3.30. The molecule has 1 spiro atoms. The van der Waals surface area contributed by atoms with Crippen molar-refractivity contribution in [2.24, 2.45) is 4.99 Å². The third kappa shape index (κ3) is 3.00. The number of hydrogen-bond acceptors (Lipinski definition) is 3. The first-order chi connectivity index (χ1) is 11.8. The molecule has 2 N–H and O–H groups in total. The summed E-state index contributed by atoms with van der Waals surface area (Å²) in [6, 6.07) is 14.8. The van der Waals surface area contributed by atoms with Gasteiger partial charge in [-0.25, -0.2) is 4.39 Å². The minimum atomic E-state index is -0.210. The number of nitrogens with one attached hydrogen (secondary N) is 2. The van der Waals surface area contributed by atoms with Crippen LogP contribution in [0.3, 0.4) is 0 Å². The molecule has 2 heterocycles. The van der Waals surface area contributed by atoms with Gasteiger partial charge in [0.1, 0.15) is 11.7 Å². The molecule has 0 amide bonds. The quantitative estimate of drug-likeness (QED) is 0.843. The van der Waals surface area contributed by atoms with E-state index < -0.39 is 0 Å². The van der Waals surface area contributed by atoms with E-state index in [0.717, 1.165) is 47.1 Å². The van der Waals surface area contributed by atoms with Crippen LogP contribution in [0.25, 0.3) is 0 Å². The van der Waals surface area contributed by atoms with E-state index in [4.69, 9.17) is 4.99 Å². The highest BCUT2D eigenvalue weighted by Crippen LogP contribution is 2.38. The van der Waals surface area contributed by atoms with E-state index >= 15 is 0 Å². The zero-order valence-electron chi connectivity index (χ0n) is 13.4. The lowest BCUT2D eigenvalue weighted by molar-refractivity contribution is 0.559. The lowest BCUT2D eigenvalue weighted by Crippen LogP contribution is -2.54. The summed E-state index contributed by atoms with van der Waals surface area (Å²) in [5.41, 5.74) is 3.12. The first kappa shape index (κ1) is 15.5. The molecule has 2 aromatic carbocycles. The Labute approximate surface area is 145 Å². The highest BCUT2D eigenvalue weighted by atomic mass is 32.2. The van der Waals surface area contributed by atoms with Crippen LogP contribution in [-0.4, -0.2) is 22.9 Å². The van der Waals surface area contributed by atoms with Gasteiger partial charge in [0.25, 0.3) is 0 Å². The summed E-state index contributed by atoms with van der Waals surface area (Å²) in [4.78, 5) is 4.87. The van der Waals surface area contributed by atoms with Gasteiger partial charge in [-0.3, -0.25) is 4.99 Å². The van der Waals surface area contributed by atoms with Crippen LogP contribution in [0.4, 0.5) is 15.8 Å². The van der Waals surface area contributed by atoms with Gasteiger partial charge in [-0.1, -0.05) is 24.3 Å². The van der Waals surface area contributed by atoms with Crippen molar-refractivity contribution in [3.05, 3.63) is 59.9 Å². The number of thioether (sulfide) groups is 1. The molecule has 124 valence electrons. The second kappa shape index (κ2) is 6.48. The molecule has 0 aromatic heterocycles. The van der Waals surface area contributed by atoms with E-state index in [9.17, 15) is 4.39 Å². The van der Waals surface area contributed by atoms with E-state index in [-0.39, 0.29) is 11.4 Å². The molecule has 0 atom stereocenters. The summed E-state index contributed by atoms with van der Waals surface area (Å²) in [5.74, 6) is 3.06. The van der Waals surface area contributed by atoms with Crippen molar-refractivity contribution >= 4 is 29.0 Å². The lowest BCUT2D eigenvalue weighted by atomic mass is 9.87. The van der Waals surface area contributed by atoms with Gasteiger partial charge in [0, 0.05) is 0 Å². The minimum Gasteiger partial charge on any atom is -0.371 e. The zero-order valence-corrected chi connectivity index (χ0v) is 14.2. The van der Waals surface area contributed by atoms with Crippen LogP contribution in [-0.2, 0) is 6.54 Å². The molecule has 24 heavy (non-hydrogen) atoms.